The van der Waals surface area contributed by atoms with E-state index in [0.717, 1.165) is 42.7 Å². The number of nitrogens with zero attached hydrogens (tertiary/aromatic N) is 1. The number of rotatable bonds is 0. The highest BCUT2D eigenvalue weighted by molar-refractivity contribution is 5.96. The zero-order valence-corrected chi connectivity index (χ0v) is 15.4. The maximum Gasteiger partial charge on any atom is 0.331 e. The van der Waals surface area contributed by atoms with Crippen LogP contribution in [0.4, 0.5) is 0 Å². The lowest BCUT2D eigenvalue weighted by atomic mass is 9.49. The van der Waals surface area contributed by atoms with Crippen LogP contribution < -0.4 is 0 Å². The summed E-state index contributed by atoms with van der Waals surface area (Å²) < 4.78 is 6.05. The van der Waals surface area contributed by atoms with Gasteiger partial charge in [-0.05, 0) is 86.7 Å². The first-order valence-corrected chi connectivity index (χ1v) is 10.4. The Morgan fingerprint density at radius 1 is 1.19 bits per heavy atom. The average molecular weight is 353 g/mol. The summed E-state index contributed by atoms with van der Waals surface area (Å²) in [6.07, 6.45) is 14.1. The van der Waals surface area contributed by atoms with Crippen LogP contribution in [-0.4, -0.2) is 22.5 Å². The SMILES string of the molecule is C[C@]12CCC3C(CCC4=C/C(=N\O)CC[C@@H]43)C1[C@H]1C[C@H]1[C@@]21C=CC(=O)O1. The van der Waals surface area contributed by atoms with E-state index < -0.39 is 0 Å². The molecule has 0 aromatic heterocycles. The number of hydrogen-bond donors (Lipinski definition) is 1. The van der Waals surface area contributed by atoms with Crippen molar-refractivity contribution in [3.05, 3.63) is 23.8 Å². The van der Waals surface area contributed by atoms with E-state index in [2.05, 4.69) is 24.2 Å². The molecule has 0 aromatic rings. The van der Waals surface area contributed by atoms with Gasteiger partial charge in [-0.15, -0.1) is 0 Å². The lowest BCUT2D eigenvalue weighted by molar-refractivity contribution is -0.167. The summed E-state index contributed by atoms with van der Waals surface area (Å²) in [5, 5.41) is 12.6. The Morgan fingerprint density at radius 3 is 2.85 bits per heavy atom. The minimum absolute atomic E-state index is 0.123. The fraction of sp³-hybridized carbons (Fsp3) is 0.727. The zero-order chi connectivity index (χ0) is 17.7. The first-order valence-electron chi connectivity index (χ1n) is 10.4. The van der Waals surface area contributed by atoms with E-state index in [-0.39, 0.29) is 17.0 Å². The van der Waals surface area contributed by atoms with E-state index >= 15 is 0 Å². The molecule has 4 heteroatoms. The van der Waals surface area contributed by atoms with Crippen LogP contribution in [-0.2, 0) is 9.53 Å². The lowest BCUT2D eigenvalue weighted by Crippen LogP contribution is -2.54. The Bertz CT molecular complexity index is 782. The second kappa shape index (κ2) is 4.82. The van der Waals surface area contributed by atoms with E-state index in [1.54, 1.807) is 6.08 Å². The highest BCUT2D eigenvalue weighted by atomic mass is 16.6. The molecule has 0 saturated heterocycles. The molecule has 0 radical (unpaired) electrons. The molecule has 6 rings (SSSR count). The van der Waals surface area contributed by atoms with E-state index in [4.69, 9.17) is 9.94 Å². The van der Waals surface area contributed by atoms with Crippen LogP contribution in [0.1, 0.15) is 51.9 Å². The standard InChI is InChI=1S/C22H27NO3/c1-21-8-6-15-14-5-3-13(23-25)10-12(14)2-4-16(15)20(21)17-11-18(17)22(21)9-7-19(24)26-22/h7,9-10,14-18,20,25H,2-6,8,11H2,1H3/b23-13-/t14-,15?,16?,17-,18+,20?,21-,22-/m0/s1. The predicted octanol–water partition coefficient (Wildman–Crippen LogP) is 4.10. The van der Waals surface area contributed by atoms with Crippen molar-refractivity contribution >= 4 is 11.7 Å². The minimum Gasteiger partial charge on any atom is -0.451 e. The number of ether oxygens (including phenoxy) is 1. The van der Waals surface area contributed by atoms with E-state index in [1.807, 2.05) is 0 Å². The van der Waals surface area contributed by atoms with Gasteiger partial charge < -0.3 is 9.94 Å². The Kier molecular flexibility index (Phi) is 2.87. The van der Waals surface area contributed by atoms with Crippen LogP contribution in [0.2, 0.25) is 0 Å². The maximum atomic E-state index is 12.0. The molecule has 4 saturated carbocycles. The third-order valence-electron chi connectivity index (χ3n) is 9.18. The topological polar surface area (TPSA) is 58.9 Å². The number of fused-ring (bicyclic) bond motifs is 9. The molecule has 0 amide bonds. The number of oxime groups is 1. The van der Waals surface area contributed by atoms with Crippen LogP contribution in [0.3, 0.4) is 0 Å². The van der Waals surface area contributed by atoms with Crippen molar-refractivity contribution in [3.63, 3.8) is 0 Å². The number of carbonyl (C=O) groups excluding carboxylic acids is 1. The van der Waals surface area contributed by atoms with E-state index in [0.29, 0.717) is 17.8 Å². The highest BCUT2D eigenvalue weighted by Crippen LogP contribution is 2.77. The summed E-state index contributed by atoms with van der Waals surface area (Å²) >= 11 is 0. The maximum absolute atomic E-state index is 12.0. The third kappa shape index (κ3) is 1.67. The van der Waals surface area contributed by atoms with Gasteiger partial charge in [0.05, 0.1) is 5.71 Å². The van der Waals surface area contributed by atoms with Gasteiger partial charge in [-0.3, -0.25) is 0 Å². The van der Waals surface area contributed by atoms with Crippen LogP contribution in [0.25, 0.3) is 0 Å². The largest absolute Gasteiger partial charge is 0.451 e. The summed E-state index contributed by atoms with van der Waals surface area (Å²) in [6.45, 7) is 2.42. The van der Waals surface area contributed by atoms with Crippen molar-refractivity contribution in [2.45, 2.75) is 57.5 Å². The lowest BCUT2D eigenvalue weighted by Gasteiger charge is -2.56. The molecule has 4 nitrogen and oxygen atoms in total. The van der Waals surface area contributed by atoms with Crippen LogP contribution >= 0.6 is 0 Å². The average Bonchev–Trinajstić information content (AvgIpc) is 3.29. The van der Waals surface area contributed by atoms with Crippen molar-refractivity contribution in [1.82, 2.24) is 0 Å². The van der Waals surface area contributed by atoms with Gasteiger partial charge in [0, 0.05) is 17.4 Å². The molecule has 8 atom stereocenters. The monoisotopic (exact) mass is 353 g/mol. The summed E-state index contributed by atoms with van der Waals surface area (Å²) in [6, 6.07) is 0. The number of esters is 1. The minimum atomic E-state index is -0.302. The van der Waals surface area contributed by atoms with Crippen molar-refractivity contribution in [2.75, 3.05) is 0 Å². The molecular weight excluding hydrogens is 326 g/mol. The van der Waals surface area contributed by atoms with Crippen LogP contribution in [0.5, 0.6) is 0 Å². The first kappa shape index (κ1) is 15.5. The molecule has 1 aliphatic heterocycles. The molecule has 6 aliphatic rings. The second-order valence-electron chi connectivity index (χ2n) is 9.86. The second-order valence-corrected chi connectivity index (χ2v) is 9.86. The summed E-state index contributed by atoms with van der Waals surface area (Å²) in [5.41, 5.74) is 2.21. The first-order chi connectivity index (χ1) is 12.6. The molecule has 1 heterocycles. The summed E-state index contributed by atoms with van der Waals surface area (Å²) in [5.74, 6) is 4.12. The Balaban J connectivity index is 1.36. The third-order valence-corrected chi connectivity index (χ3v) is 9.18. The predicted molar refractivity (Wildman–Crippen MR) is 96.6 cm³/mol. The molecule has 1 N–H and O–H groups in total. The van der Waals surface area contributed by atoms with E-state index in [9.17, 15) is 4.79 Å². The van der Waals surface area contributed by atoms with Crippen LogP contribution in [0.15, 0.2) is 29.0 Å². The molecule has 4 fully saturated rings. The van der Waals surface area contributed by atoms with Gasteiger partial charge in [0.2, 0.25) is 0 Å². The molecule has 0 bridgehead atoms. The van der Waals surface area contributed by atoms with Gasteiger partial charge in [0.15, 0.2) is 0 Å². The Morgan fingerprint density at radius 2 is 2.08 bits per heavy atom. The van der Waals surface area contributed by atoms with Crippen molar-refractivity contribution in [3.8, 4) is 0 Å². The smallest absolute Gasteiger partial charge is 0.331 e. The zero-order valence-electron chi connectivity index (χ0n) is 15.4. The van der Waals surface area contributed by atoms with E-state index in [1.165, 1.54) is 31.3 Å². The fourth-order valence-corrected chi connectivity index (χ4v) is 8.23. The summed E-state index contributed by atoms with van der Waals surface area (Å²) in [7, 11) is 0. The normalized spacial score (nSPS) is 55.0. The molecule has 1 spiro atoms. The quantitative estimate of drug-likeness (QED) is 0.405. The molecule has 3 unspecified atom stereocenters. The van der Waals surface area contributed by atoms with Crippen LogP contribution in [0, 0.1) is 40.9 Å². The fourth-order valence-electron chi connectivity index (χ4n) is 8.23. The Hall–Kier alpha value is -1.58. The highest BCUT2D eigenvalue weighted by Gasteiger charge is 2.77. The number of allylic oxidation sites excluding steroid dienone is 2. The van der Waals surface area contributed by atoms with Gasteiger partial charge in [-0.2, -0.15) is 0 Å². The Labute approximate surface area is 154 Å². The number of carbonyl (C=O) groups is 1. The molecule has 138 valence electrons. The van der Waals surface area contributed by atoms with Crippen molar-refractivity contribution in [2.24, 2.45) is 46.1 Å². The van der Waals surface area contributed by atoms with Crippen molar-refractivity contribution < 1.29 is 14.7 Å². The van der Waals surface area contributed by atoms with Gasteiger partial charge in [0.1, 0.15) is 5.60 Å². The van der Waals surface area contributed by atoms with Gasteiger partial charge in [0.25, 0.3) is 0 Å². The summed E-state index contributed by atoms with van der Waals surface area (Å²) in [4.78, 5) is 12.0. The van der Waals surface area contributed by atoms with Gasteiger partial charge in [-0.1, -0.05) is 17.7 Å². The molecule has 26 heavy (non-hydrogen) atoms. The molecular formula is C22H27NO3. The molecule has 0 aromatic carbocycles. The van der Waals surface area contributed by atoms with Crippen molar-refractivity contribution in [1.29, 1.82) is 0 Å². The van der Waals surface area contributed by atoms with Gasteiger partial charge in [-0.25, -0.2) is 4.79 Å². The van der Waals surface area contributed by atoms with Gasteiger partial charge >= 0.3 is 5.97 Å². The molecule has 5 aliphatic carbocycles. The number of hydrogen-bond acceptors (Lipinski definition) is 4.